The predicted molar refractivity (Wildman–Crippen MR) is 114 cm³/mol. The minimum absolute atomic E-state index is 0.749. The number of thioether (sulfide) groups is 1. The lowest BCUT2D eigenvalue weighted by molar-refractivity contribution is 0.437. The first kappa shape index (κ1) is 18.2. The molecule has 0 amide bonds. The second-order valence-corrected chi connectivity index (χ2v) is 8.28. The monoisotopic (exact) mass is 415 g/mol. The molecule has 0 fully saturated rings. The van der Waals surface area contributed by atoms with Crippen molar-refractivity contribution in [2.75, 3.05) is 31.7 Å². The minimum atomic E-state index is 0.749. The van der Waals surface area contributed by atoms with Crippen LogP contribution in [0.3, 0.4) is 0 Å². The Morgan fingerprint density at radius 2 is 2.00 bits per heavy atom. The van der Waals surface area contributed by atoms with Crippen LogP contribution in [-0.4, -0.2) is 37.5 Å². The molecule has 0 aromatic heterocycles. The van der Waals surface area contributed by atoms with Crippen molar-refractivity contribution in [1.29, 1.82) is 0 Å². The van der Waals surface area contributed by atoms with Crippen LogP contribution in [0.15, 0.2) is 63.0 Å². The number of nitrogens with zero attached hydrogens (tertiary/aromatic N) is 2. The molecule has 3 nitrogen and oxygen atoms in total. The number of allylic oxidation sites excluding steroid dienone is 1. The summed E-state index contributed by atoms with van der Waals surface area (Å²) < 4.78 is 1.09. The number of aliphatic imine (C=N–C) groups is 1. The van der Waals surface area contributed by atoms with Crippen molar-refractivity contribution in [3.63, 3.8) is 0 Å². The van der Waals surface area contributed by atoms with Crippen molar-refractivity contribution in [3.8, 4) is 0 Å². The largest absolute Gasteiger partial charge is 0.361 e. The zero-order valence-corrected chi connectivity index (χ0v) is 16.9. The third kappa shape index (κ3) is 5.21. The van der Waals surface area contributed by atoms with E-state index < -0.39 is 0 Å². The molecule has 1 aliphatic rings. The van der Waals surface area contributed by atoms with Crippen LogP contribution < -0.4 is 5.32 Å². The van der Waals surface area contributed by atoms with E-state index in [2.05, 4.69) is 87.7 Å². The topological polar surface area (TPSA) is 27.6 Å². The van der Waals surface area contributed by atoms with Gasteiger partial charge < -0.3 is 10.2 Å². The Bertz CT molecular complexity index is 782. The van der Waals surface area contributed by atoms with Crippen molar-refractivity contribution >= 4 is 45.2 Å². The molecule has 0 spiro atoms. The molecule has 0 saturated carbocycles. The minimum Gasteiger partial charge on any atom is -0.361 e. The van der Waals surface area contributed by atoms with Gasteiger partial charge in [-0.05, 0) is 61.6 Å². The van der Waals surface area contributed by atoms with E-state index in [1.807, 2.05) is 24.2 Å². The lowest BCUT2D eigenvalue weighted by Gasteiger charge is -2.14. The van der Waals surface area contributed by atoms with Crippen LogP contribution in [-0.2, 0) is 6.54 Å². The zero-order valence-electron chi connectivity index (χ0n) is 14.5. The number of hydrogen-bond donors (Lipinski definition) is 1. The summed E-state index contributed by atoms with van der Waals surface area (Å²) in [6, 6.07) is 14.9. The average molecular weight is 416 g/mol. The molecule has 0 aliphatic carbocycles. The first-order valence-corrected chi connectivity index (χ1v) is 10.0. The summed E-state index contributed by atoms with van der Waals surface area (Å²) >= 11 is 5.44. The molecule has 0 saturated heterocycles. The molecule has 130 valence electrons. The summed E-state index contributed by atoms with van der Waals surface area (Å²) in [4.78, 5) is 7.95. The van der Waals surface area contributed by atoms with Crippen LogP contribution in [0.25, 0.3) is 5.57 Å². The quantitative estimate of drug-likeness (QED) is 0.661. The van der Waals surface area contributed by atoms with Crippen molar-refractivity contribution in [1.82, 2.24) is 4.90 Å². The van der Waals surface area contributed by atoms with Gasteiger partial charge in [-0.1, -0.05) is 22.0 Å². The van der Waals surface area contributed by atoms with Gasteiger partial charge in [-0.2, -0.15) is 0 Å². The summed E-state index contributed by atoms with van der Waals surface area (Å²) in [5.41, 5.74) is 4.67. The molecular weight excluding hydrogens is 394 g/mol. The summed E-state index contributed by atoms with van der Waals surface area (Å²) in [5.74, 6) is 1.10. The highest BCUT2D eigenvalue weighted by Crippen LogP contribution is 2.27. The molecular formula is C20H22BrN3S. The fraction of sp³-hybridized carbons (Fsp3) is 0.250. The van der Waals surface area contributed by atoms with Gasteiger partial charge in [0.25, 0.3) is 0 Å². The average Bonchev–Trinajstić information content (AvgIpc) is 2.61. The van der Waals surface area contributed by atoms with Crippen LogP contribution in [0.2, 0.25) is 0 Å². The highest BCUT2D eigenvalue weighted by Gasteiger charge is 2.10. The summed E-state index contributed by atoms with van der Waals surface area (Å²) in [5, 5.41) is 3.39. The third-order valence-corrected chi connectivity index (χ3v) is 5.42. The van der Waals surface area contributed by atoms with E-state index in [1.54, 1.807) is 0 Å². The summed E-state index contributed by atoms with van der Waals surface area (Å²) in [6.45, 7) is 1.84. The third-order valence-electron chi connectivity index (χ3n) is 3.93. The number of halogens is 1. The van der Waals surface area contributed by atoms with Gasteiger partial charge in [0.1, 0.15) is 0 Å². The van der Waals surface area contributed by atoms with Crippen molar-refractivity contribution in [2.24, 2.45) is 4.99 Å². The maximum atomic E-state index is 4.45. The predicted octanol–water partition coefficient (Wildman–Crippen LogP) is 5.14. The van der Waals surface area contributed by atoms with Gasteiger partial charge >= 0.3 is 0 Å². The van der Waals surface area contributed by atoms with E-state index in [4.69, 9.17) is 0 Å². The van der Waals surface area contributed by atoms with Crippen molar-refractivity contribution in [2.45, 2.75) is 11.4 Å². The van der Waals surface area contributed by atoms with Gasteiger partial charge in [-0.25, -0.2) is 0 Å². The molecule has 0 radical (unpaired) electrons. The van der Waals surface area contributed by atoms with Crippen LogP contribution in [0, 0.1) is 0 Å². The van der Waals surface area contributed by atoms with E-state index in [1.165, 1.54) is 16.0 Å². The van der Waals surface area contributed by atoms with Crippen LogP contribution >= 0.6 is 27.7 Å². The Morgan fingerprint density at radius 3 is 2.76 bits per heavy atom. The number of anilines is 1. The van der Waals surface area contributed by atoms with Crippen molar-refractivity contribution < 1.29 is 0 Å². The SMILES string of the molecule is CN(C)CCSc1ccc(NC=C2C=NCc3ccc(Br)cc32)cc1. The smallest absolute Gasteiger partial charge is 0.0646 e. The Kier molecular flexibility index (Phi) is 6.34. The van der Waals surface area contributed by atoms with E-state index in [0.29, 0.717) is 0 Å². The molecule has 3 rings (SSSR count). The van der Waals surface area contributed by atoms with E-state index in [9.17, 15) is 0 Å². The number of nitrogens with one attached hydrogen (secondary N) is 1. The van der Waals surface area contributed by atoms with Crippen LogP contribution in [0.5, 0.6) is 0 Å². The lowest BCUT2D eigenvalue weighted by atomic mass is 9.99. The zero-order chi connectivity index (χ0) is 17.6. The molecule has 2 aromatic carbocycles. The van der Waals surface area contributed by atoms with Gasteiger partial charge in [-0.15, -0.1) is 11.8 Å². The highest BCUT2D eigenvalue weighted by atomic mass is 79.9. The maximum absolute atomic E-state index is 4.45. The number of rotatable bonds is 6. The van der Waals surface area contributed by atoms with Gasteiger partial charge in [-0.3, -0.25) is 4.99 Å². The molecule has 1 N–H and O–H groups in total. The van der Waals surface area contributed by atoms with Gasteiger partial charge in [0, 0.05) is 45.3 Å². The number of benzene rings is 2. The van der Waals surface area contributed by atoms with Crippen LogP contribution in [0.1, 0.15) is 11.1 Å². The van der Waals surface area contributed by atoms with Gasteiger partial charge in [0.15, 0.2) is 0 Å². The molecule has 1 heterocycles. The first-order valence-electron chi connectivity index (χ1n) is 8.25. The standard InChI is InChI=1S/C20H22BrN3S/c1-24(2)9-10-25-19-7-5-18(6-8-19)23-14-16-13-22-12-15-3-4-17(21)11-20(15)16/h3-8,11,13-14,23H,9-10,12H2,1-2H3. The molecule has 5 heteroatoms. The fourth-order valence-corrected chi connectivity index (χ4v) is 3.92. The molecule has 0 unspecified atom stereocenters. The Morgan fingerprint density at radius 1 is 1.20 bits per heavy atom. The molecule has 0 bridgehead atoms. The molecule has 1 aliphatic heterocycles. The van der Waals surface area contributed by atoms with Crippen molar-refractivity contribution in [3.05, 3.63) is 64.3 Å². The maximum Gasteiger partial charge on any atom is 0.0646 e. The molecule has 0 atom stereocenters. The van der Waals surface area contributed by atoms with E-state index in [-0.39, 0.29) is 0 Å². The summed E-state index contributed by atoms with van der Waals surface area (Å²) in [6.07, 6.45) is 3.97. The van der Waals surface area contributed by atoms with Crippen LogP contribution in [0.4, 0.5) is 5.69 Å². The molecule has 2 aromatic rings. The van der Waals surface area contributed by atoms with E-state index >= 15 is 0 Å². The first-order chi connectivity index (χ1) is 12.1. The Balaban J connectivity index is 1.65. The second kappa shape index (κ2) is 8.70. The lowest BCUT2D eigenvalue weighted by Crippen LogP contribution is -2.14. The van der Waals surface area contributed by atoms with Gasteiger partial charge in [0.2, 0.25) is 0 Å². The Labute approximate surface area is 162 Å². The fourth-order valence-electron chi connectivity index (χ4n) is 2.54. The van der Waals surface area contributed by atoms with E-state index in [0.717, 1.165) is 34.6 Å². The number of fused-ring (bicyclic) bond motifs is 1. The normalized spacial score (nSPS) is 14.8. The number of hydrogen-bond acceptors (Lipinski definition) is 4. The highest BCUT2D eigenvalue weighted by molar-refractivity contribution is 9.10. The Hall–Kier alpha value is -1.56. The summed E-state index contributed by atoms with van der Waals surface area (Å²) in [7, 11) is 4.21. The van der Waals surface area contributed by atoms with Gasteiger partial charge in [0.05, 0.1) is 6.54 Å². The second-order valence-electron chi connectivity index (χ2n) is 6.19. The molecule has 25 heavy (non-hydrogen) atoms.